The number of hydrogen-bond acceptors (Lipinski definition) is 9. The van der Waals surface area contributed by atoms with Crippen LogP contribution in [0, 0.1) is 6.92 Å². The molecule has 0 saturated carbocycles. The number of rotatable bonds is 9. The number of ether oxygens (including phenoxy) is 2. The zero-order valence-corrected chi connectivity index (χ0v) is 21.2. The molecule has 35 heavy (non-hydrogen) atoms. The van der Waals surface area contributed by atoms with Crippen LogP contribution in [0.2, 0.25) is 0 Å². The van der Waals surface area contributed by atoms with E-state index < -0.39 is 35.1 Å². The van der Waals surface area contributed by atoms with Crippen LogP contribution in [-0.2, 0) is 24.3 Å². The number of nitrogens with one attached hydrogen (secondary N) is 1. The van der Waals surface area contributed by atoms with Crippen LogP contribution in [-0.4, -0.2) is 45.5 Å². The number of fused-ring (bicyclic) bond motifs is 1. The van der Waals surface area contributed by atoms with Gasteiger partial charge in [-0.1, -0.05) is 23.5 Å². The van der Waals surface area contributed by atoms with Crippen LogP contribution in [0.1, 0.15) is 5.56 Å². The van der Waals surface area contributed by atoms with E-state index in [9.17, 15) is 18.0 Å². The molecule has 0 fully saturated rings. The Hall–Kier alpha value is -3.48. The summed E-state index contributed by atoms with van der Waals surface area (Å²) in [7, 11) is -2.18. The van der Waals surface area contributed by atoms with Gasteiger partial charge < -0.3 is 9.47 Å². The first-order valence-electron chi connectivity index (χ1n) is 10.3. The van der Waals surface area contributed by atoms with Crippen LogP contribution in [0.25, 0.3) is 10.2 Å². The summed E-state index contributed by atoms with van der Waals surface area (Å²) >= 11 is 2.47. The predicted molar refractivity (Wildman–Crippen MR) is 136 cm³/mol. The van der Waals surface area contributed by atoms with Crippen molar-refractivity contribution in [1.82, 2.24) is 4.98 Å². The number of carbonyl (C=O) groups excluding carboxylic acids is 2. The number of amides is 1. The van der Waals surface area contributed by atoms with Gasteiger partial charge in [0.2, 0.25) is 0 Å². The van der Waals surface area contributed by atoms with Crippen molar-refractivity contribution >= 4 is 65.6 Å². The summed E-state index contributed by atoms with van der Waals surface area (Å²) in [6.07, 6.45) is 0. The average Bonchev–Trinajstić information content (AvgIpc) is 3.51. The number of aromatic nitrogens is 1. The van der Waals surface area contributed by atoms with E-state index in [0.717, 1.165) is 27.1 Å². The Morgan fingerprint density at radius 3 is 2.57 bits per heavy atom. The summed E-state index contributed by atoms with van der Waals surface area (Å²) in [5.74, 6) is -0.878. The van der Waals surface area contributed by atoms with Crippen molar-refractivity contribution in [2.24, 2.45) is 0 Å². The monoisotopic (exact) mass is 531 g/mol. The summed E-state index contributed by atoms with van der Waals surface area (Å²) in [5.41, 5.74) is 2.32. The number of thiophene rings is 1. The van der Waals surface area contributed by atoms with Crippen LogP contribution in [0.5, 0.6) is 5.75 Å². The third-order valence-electron chi connectivity index (χ3n) is 4.82. The number of hydrogen-bond donors (Lipinski definition) is 1. The fourth-order valence-corrected chi connectivity index (χ4v) is 6.34. The minimum absolute atomic E-state index is 0.241. The molecule has 0 aliphatic heterocycles. The summed E-state index contributed by atoms with van der Waals surface area (Å²) < 4.78 is 37.9. The van der Waals surface area contributed by atoms with Crippen molar-refractivity contribution in [1.29, 1.82) is 0 Å². The Kier molecular flexibility index (Phi) is 7.34. The molecule has 0 saturated heterocycles. The molecular weight excluding hydrogens is 510 g/mol. The first-order chi connectivity index (χ1) is 16.7. The number of aryl methyl sites for hydroxylation is 1. The van der Waals surface area contributed by atoms with Crippen LogP contribution in [0.15, 0.2) is 64.2 Å². The van der Waals surface area contributed by atoms with E-state index in [-0.39, 0.29) is 4.21 Å². The average molecular weight is 532 g/mol. The van der Waals surface area contributed by atoms with Gasteiger partial charge in [0, 0.05) is 7.05 Å². The topological polar surface area (TPSA) is 115 Å². The first-order valence-corrected chi connectivity index (χ1v) is 13.4. The van der Waals surface area contributed by atoms with E-state index in [1.54, 1.807) is 41.8 Å². The number of sulfonamides is 1. The highest BCUT2D eigenvalue weighted by Gasteiger charge is 2.22. The molecule has 4 aromatic rings. The highest BCUT2D eigenvalue weighted by molar-refractivity contribution is 7.94. The highest BCUT2D eigenvalue weighted by Crippen LogP contribution is 2.27. The summed E-state index contributed by atoms with van der Waals surface area (Å²) in [6, 6.07) is 15.2. The van der Waals surface area contributed by atoms with Crippen molar-refractivity contribution in [2.45, 2.75) is 11.1 Å². The molecule has 1 N–H and O–H groups in total. The summed E-state index contributed by atoms with van der Waals surface area (Å²) in [6.45, 7) is 1.10. The molecule has 0 spiro atoms. The Bertz CT molecular complexity index is 1450. The van der Waals surface area contributed by atoms with Gasteiger partial charge in [0.05, 0.1) is 15.9 Å². The molecule has 1 amide bonds. The highest BCUT2D eigenvalue weighted by atomic mass is 32.2. The summed E-state index contributed by atoms with van der Waals surface area (Å²) in [5, 5.41) is 4.74. The third kappa shape index (κ3) is 5.96. The van der Waals surface area contributed by atoms with E-state index >= 15 is 0 Å². The number of esters is 1. The molecule has 4 rings (SSSR count). The Morgan fingerprint density at radius 1 is 1.09 bits per heavy atom. The number of carbonyl (C=O) groups is 2. The lowest BCUT2D eigenvalue weighted by Crippen LogP contribution is -2.25. The number of nitrogens with zero attached hydrogens (tertiary/aromatic N) is 2. The van der Waals surface area contributed by atoms with E-state index in [0.29, 0.717) is 16.6 Å². The van der Waals surface area contributed by atoms with Gasteiger partial charge in [-0.25, -0.2) is 18.2 Å². The van der Waals surface area contributed by atoms with Crippen molar-refractivity contribution < 1.29 is 27.5 Å². The lowest BCUT2D eigenvalue weighted by molar-refractivity contribution is -0.149. The molecule has 0 aliphatic carbocycles. The Balaban J connectivity index is 1.24. The molecular formula is C23H21N3O6S3. The lowest BCUT2D eigenvalue weighted by atomic mass is 10.2. The normalized spacial score (nSPS) is 11.3. The summed E-state index contributed by atoms with van der Waals surface area (Å²) in [4.78, 5) is 28.4. The van der Waals surface area contributed by atoms with E-state index in [1.807, 2.05) is 25.1 Å². The molecule has 182 valence electrons. The minimum atomic E-state index is -3.64. The Labute approximate surface area is 210 Å². The van der Waals surface area contributed by atoms with Gasteiger partial charge in [-0.2, -0.15) is 0 Å². The smallest absolute Gasteiger partial charge is 0.344 e. The minimum Gasteiger partial charge on any atom is -0.482 e. The van der Waals surface area contributed by atoms with Gasteiger partial charge in [0.25, 0.3) is 15.9 Å². The van der Waals surface area contributed by atoms with Crippen molar-refractivity contribution in [3.63, 3.8) is 0 Å². The number of anilines is 2. The van der Waals surface area contributed by atoms with Crippen molar-refractivity contribution in [3.05, 3.63) is 65.5 Å². The van der Waals surface area contributed by atoms with Gasteiger partial charge in [0.15, 0.2) is 18.3 Å². The fraction of sp³-hybridized carbons (Fsp3) is 0.174. The van der Waals surface area contributed by atoms with Crippen LogP contribution >= 0.6 is 22.7 Å². The van der Waals surface area contributed by atoms with Gasteiger partial charge in [-0.3, -0.25) is 14.4 Å². The zero-order valence-electron chi connectivity index (χ0n) is 18.8. The quantitative estimate of drug-likeness (QED) is 0.324. The van der Waals surface area contributed by atoms with E-state index in [4.69, 9.17) is 9.47 Å². The first kappa shape index (κ1) is 24.6. The van der Waals surface area contributed by atoms with Gasteiger partial charge >= 0.3 is 5.97 Å². The maximum atomic E-state index is 12.6. The number of benzene rings is 2. The third-order valence-corrected chi connectivity index (χ3v) is 8.91. The van der Waals surface area contributed by atoms with Gasteiger partial charge in [-0.15, -0.1) is 11.3 Å². The second-order valence-electron chi connectivity index (χ2n) is 7.39. The van der Waals surface area contributed by atoms with Crippen molar-refractivity contribution in [2.75, 3.05) is 29.9 Å². The van der Waals surface area contributed by atoms with E-state index in [1.165, 1.54) is 22.7 Å². The lowest BCUT2D eigenvalue weighted by Gasteiger charge is -2.18. The molecule has 0 bridgehead atoms. The number of thiazole rings is 1. The van der Waals surface area contributed by atoms with Gasteiger partial charge in [0.1, 0.15) is 9.96 Å². The maximum absolute atomic E-state index is 12.6. The van der Waals surface area contributed by atoms with Crippen LogP contribution in [0.4, 0.5) is 10.8 Å². The predicted octanol–water partition coefficient (Wildman–Crippen LogP) is 4.05. The standard InChI is InChI=1S/C23H21N3O6S3/c1-15-5-10-18-19(12-15)34-23(24-18)25-20(27)13-32-21(28)14-31-17-8-6-16(7-9-17)26(2)35(29,30)22-4-3-11-33-22/h3-12H,13-14H2,1-2H3,(H,24,25,27). The SMILES string of the molecule is Cc1ccc2nc(NC(=O)COC(=O)COc3ccc(N(C)S(=O)(=O)c4cccs4)cc3)sc2c1. The molecule has 2 aromatic heterocycles. The molecule has 0 radical (unpaired) electrons. The van der Waals surface area contributed by atoms with Crippen LogP contribution < -0.4 is 14.4 Å². The molecule has 12 heteroatoms. The fourth-order valence-electron chi connectivity index (χ4n) is 3.01. The van der Waals surface area contributed by atoms with Crippen molar-refractivity contribution in [3.8, 4) is 5.75 Å². The van der Waals surface area contributed by atoms with E-state index in [2.05, 4.69) is 10.3 Å². The molecule has 0 unspecified atom stereocenters. The second-order valence-corrected chi connectivity index (χ2v) is 11.6. The zero-order chi connectivity index (χ0) is 25.0. The maximum Gasteiger partial charge on any atom is 0.344 e. The largest absolute Gasteiger partial charge is 0.482 e. The molecule has 0 atom stereocenters. The molecule has 2 aromatic carbocycles. The molecule has 2 heterocycles. The molecule has 0 aliphatic rings. The molecule has 9 nitrogen and oxygen atoms in total. The van der Waals surface area contributed by atoms with Gasteiger partial charge in [-0.05, 0) is 60.3 Å². The Morgan fingerprint density at radius 2 is 1.86 bits per heavy atom. The second kappa shape index (κ2) is 10.4. The van der Waals surface area contributed by atoms with Crippen LogP contribution in [0.3, 0.4) is 0 Å².